The first-order chi connectivity index (χ1) is 15.9. The van der Waals surface area contributed by atoms with Gasteiger partial charge in [0.1, 0.15) is 23.2 Å². The smallest absolute Gasteiger partial charge is 0.283 e. The molecule has 2 aromatic heterocycles. The lowest BCUT2D eigenvalue weighted by Crippen LogP contribution is -2.35. The molecule has 0 fully saturated rings. The molecule has 2 aliphatic rings. The van der Waals surface area contributed by atoms with E-state index in [9.17, 15) is 9.59 Å². The third kappa shape index (κ3) is 4.12. The molecule has 1 amide bonds. The molecule has 1 aromatic carbocycles. The molecule has 0 radical (unpaired) electrons. The fraction of sp³-hybridized carbons (Fsp3) is 0.182. The van der Waals surface area contributed by atoms with Crippen LogP contribution in [0.25, 0.3) is 11.0 Å². The molecule has 0 unspecified atom stereocenters. The molecule has 9 nitrogen and oxygen atoms in total. The molecule has 0 aliphatic carbocycles. The Hall–Kier alpha value is -3.57. The van der Waals surface area contributed by atoms with Crippen molar-refractivity contribution in [1.82, 2.24) is 19.5 Å². The second-order valence-electron chi connectivity index (χ2n) is 7.31. The number of carbonyl (C=O) groups excluding carboxylic acids is 1. The Kier molecular flexibility index (Phi) is 5.43. The number of ether oxygens (including phenoxy) is 1. The number of allylic oxidation sites excluding steroid dienone is 1. The highest BCUT2D eigenvalue weighted by Gasteiger charge is 2.32. The first-order valence-electron chi connectivity index (χ1n) is 10.1. The highest BCUT2D eigenvalue weighted by atomic mass is 32.2. The fourth-order valence-electron chi connectivity index (χ4n) is 3.30. The molecule has 1 N–H and O–H groups in total. The number of rotatable bonds is 5. The second-order valence-corrected chi connectivity index (χ2v) is 9.56. The lowest BCUT2D eigenvalue weighted by atomic mass is 10.1. The standard InChI is InChI=1S/C22H18N6O3S2/c1-3-17-26-28-18(29)9-14(24-22(28)33-17)11-31-15-6-4-13(5-7-15)8-16-19(23)27-10-12(2)32-21(27)25-20(16)30/h4-10,23H,3,11H2,1-2H3/b16-8-,23-19?. The normalized spacial score (nSPS) is 16.9. The van der Waals surface area contributed by atoms with Gasteiger partial charge in [-0.3, -0.25) is 19.9 Å². The predicted molar refractivity (Wildman–Crippen MR) is 129 cm³/mol. The van der Waals surface area contributed by atoms with Crippen LogP contribution < -0.4 is 10.3 Å². The van der Waals surface area contributed by atoms with Crippen LogP contribution >= 0.6 is 23.1 Å². The Morgan fingerprint density at radius 1 is 1.21 bits per heavy atom. The van der Waals surface area contributed by atoms with E-state index in [2.05, 4.69) is 15.1 Å². The van der Waals surface area contributed by atoms with Gasteiger partial charge in [0.15, 0.2) is 5.17 Å². The maximum Gasteiger partial charge on any atom is 0.283 e. The van der Waals surface area contributed by atoms with Crippen molar-refractivity contribution in [2.45, 2.75) is 26.9 Å². The van der Waals surface area contributed by atoms with Crippen molar-refractivity contribution in [1.29, 1.82) is 5.41 Å². The lowest BCUT2D eigenvalue weighted by Gasteiger charge is -2.22. The number of aliphatic imine (C=N–C) groups is 1. The quantitative estimate of drug-likeness (QED) is 0.559. The molecule has 2 aliphatic heterocycles. The van der Waals surface area contributed by atoms with E-state index in [1.54, 1.807) is 41.4 Å². The van der Waals surface area contributed by atoms with Crippen molar-refractivity contribution in [2.24, 2.45) is 4.99 Å². The van der Waals surface area contributed by atoms with Gasteiger partial charge in [-0.25, -0.2) is 4.98 Å². The number of nitrogens with one attached hydrogen (secondary N) is 1. The summed E-state index contributed by atoms with van der Waals surface area (Å²) in [7, 11) is 0. The number of thioether (sulfide) groups is 1. The Balaban J connectivity index is 1.30. The average Bonchev–Trinajstić information content (AvgIpc) is 3.39. The number of aryl methyl sites for hydroxylation is 1. The summed E-state index contributed by atoms with van der Waals surface area (Å²) in [6, 6.07) is 8.54. The van der Waals surface area contributed by atoms with E-state index in [1.165, 1.54) is 33.7 Å². The first-order valence-corrected chi connectivity index (χ1v) is 11.8. The van der Waals surface area contributed by atoms with E-state index in [0.29, 0.717) is 21.6 Å². The van der Waals surface area contributed by atoms with E-state index in [-0.39, 0.29) is 23.6 Å². The number of carbonyl (C=O) groups is 1. The van der Waals surface area contributed by atoms with Gasteiger partial charge in [-0.1, -0.05) is 42.2 Å². The molecular formula is C22H18N6O3S2. The lowest BCUT2D eigenvalue weighted by molar-refractivity contribution is -0.114. The third-order valence-corrected chi connectivity index (χ3v) is 6.86. The molecule has 3 aromatic rings. The maximum absolute atomic E-state index is 12.4. The van der Waals surface area contributed by atoms with Crippen molar-refractivity contribution in [3.63, 3.8) is 0 Å². The van der Waals surface area contributed by atoms with Crippen LogP contribution in [-0.4, -0.2) is 36.4 Å². The number of amides is 1. The van der Waals surface area contributed by atoms with Crippen LogP contribution in [-0.2, 0) is 17.8 Å². The van der Waals surface area contributed by atoms with Gasteiger partial charge in [-0.15, -0.1) is 0 Å². The molecule has 4 heterocycles. The summed E-state index contributed by atoms with van der Waals surface area (Å²) in [6.07, 6.45) is 4.19. The fourth-order valence-corrected chi connectivity index (χ4v) is 4.97. The van der Waals surface area contributed by atoms with E-state index in [4.69, 9.17) is 10.1 Å². The molecule has 0 spiro atoms. The van der Waals surface area contributed by atoms with E-state index < -0.39 is 5.91 Å². The summed E-state index contributed by atoms with van der Waals surface area (Å²) >= 11 is 2.77. The highest BCUT2D eigenvalue weighted by molar-refractivity contribution is 8.17. The maximum atomic E-state index is 12.4. The summed E-state index contributed by atoms with van der Waals surface area (Å²) in [5.74, 6) is 0.276. The van der Waals surface area contributed by atoms with Gasteiger partial charge in [0.25, 0.3) is 11.5 Å². The molecule has 0 atom stereocenters. The van der Waals surface area contributed by atoms with Gasteiger partial charge in [-0.05, 0) is 37.1 Å². The Bertz CT molecular complexity index is 1450. The van der Waals surface area contributed by atoms with Gasteiger partial charge in [0, 0.05) is 17.2 Å². The van der Waals surface area contributed by atoms with E-state index in [0.717, 1.165) is 21.9 Å². The summed E-state index contributed by atoms with van der Waals surface area (Å²) in [4.78, 5) is 36.3. The SMILES string of the molecule is CCc1nn2c(=O)cc(COc3ccc(/C=C4/C(=N)N5C=C(C)SC5=NC4=O)cc3)nc2s1. The summed E-state index contributed by atoms with van der Waals surface area (Å²) in [5.41, 5.74) is 1.27. The topological polar surface area (TPSA) is 113 Å². The summed E-state index contributed by atoms with van der Waals surface area (Å²) in [5, 5.41) is 14.0. The molecule has 0 saturated heterocycles. The monoisotopic (exact) mass is 478 g/mol. The van der Waals surface area contributed by atoms with Crippen molar-refractivity contribution >= 4 is 51.0 Å². The molecular weight excluding hydrogens is 460 g/mol. The summed E-state index contributed by atoms with van der Waals surface area (Å²) < 4.78 is 7.10. The second kappa shape index (κ2) is 8.41. The van der Waals surface area contributed by atoms with Crippen LogP contribution in [0.5, 0.6) is 5.75 Å². The predicted octanol–water partition coefficient (Wildman–Crippen LogP) is 3.46. The first kappa shape index (κ1) is 21.3. The molecule has 5 rings (SSSR count). The molecule has 11 heteroatoms. The Labute approximate surface area is 196 Å². The Morgan fingerprint density at radius 3 is 2.76 bits per heavy atom. The van der Waals surface area contributed by atoms with Gasteiger partial charge >= 0.3 is 0 Å². The van der Waals surface area contributed by atoms with Crippen molar-refractivity contribution in [3.05, 3.63) is 73.6 Å². The minimum Gasteiger partial charge on any atom is -0.487 e. The summed E-state index contributed by atoms with van der Waals surface area (Å²) in [6.45, 7) is 4.03. The minimum atomic E-state index is -0.427. The molecule has 166 valence electrons. The number of amidine groups is 2. The van der Waals surface area contributed by atoms with Crippen molar-refractivity contribution in [2.75, 3.05) is 0 Å². The van der Waals surface area contributed by atoms with Crippen LogP contribution in [0, 0.1) is 5.41 Å². The zero-order valence-corrected chi connectivity index (χ0v) is 19.4. The van der Waals surface area contributed by atoms with Crippen LogP contribution in [0.2, 0.25) is 0 Å². The number of hydrogen-bond acceptors (Lipinski definition) is 8. The van der Waals surface area contributed by atoms with Crippen molar-refractivity contribution < 1.29 is 9.53 Å². The number of hydrogen-bond donors (Lipinski definition) is 1. The van der Waals surface area contributed by atoms with Crippen LogP contribution in [0.15, 0.2) is 56.8 Å². The van der Waals surface area contributed by atoms with Crippen LogP contribution in [0.4, 0.5) is 0 Å². The van der Waals surface area contributed by atoms with E-state index in [1.807, 2.05) is 13.8 Å². The van der Waals surface area contributed by atoms with Gasteiger partial charge < -0.3 is 4.74 Å². The number of aromatic nitrogens is 3. The zero-order chi connectivity index (χ0) is 23.1. The minimum absolute atomic E-state index is 0.108. The average molecular weight is 479 g/mol. The third-order valence-electron chi connectivity index (χ3n) is 4.91. The van der Waals surface area contributed by atoms with Gasteiger partial charge in [0.05, 0.1) is 11.3 Å². The Morgan fingerprint density at radius 2 is 2.00 bits per heavy atom. The molecule has 33 heavy (non-hydrogen) atoms. The molecule has 0 saturated carbocycles. The van der Waals surface area contributed by atoms with Gasteiger partial charge in [-0.2, -0.15) is 14.6 Å². The zero-order valence-electron chi connectivity index (χ0n) is 17.7. The van der Waals surface area contributed by atoms with Crippen LogP contribution in [0.3, 0.4) is 0 Å². The largest absolute Gasteiger partial charge is 0.487 e. The van der Waals surface area contributed by atoms with Crippen LogP contribution in [0.1, 0.15) is 30.1 Å². The molecule has 0 bridgehead atoms. The number of benzene rings is 1. The van der Waals surface area contributed by atoms with Gasteiger partial charge in [0.2, 0.25) is 4.96 Å². The highest BCUT2D eigenvalue weighted by Crippen LogP contribution is 2.32. The van der Waals surface area contributed by atoms with E-state index >= 15 is 0 Å². The number of fused-ring (bicyclic) bond motifs is 2. The number of nitrogens with zero attached hydrogens (tertiary/aromatic N) is 5. The van der Waals surface area contributed by atoms with Crippen molar-refractivity contribution in [3.8, 4) is 5.75 Å².